The largest absolute Gasteiger partial charge is 0.312 e. The average molecular weight is 226 g/mol. The Balaban J connectivity index is 4.83. The summed E-state index contributed by atoms with van der Waals surface area (Å²) in [5.41, 5.74) is 0.277. The van der Waals surface area contributed by atoms with Crippen molar-refractivity contribution in [1.29, 1.82) is 0 Å². The summed E-state index contributed by atoms with van der Waals surface area (Å²) in [5.74, 6) is 0. The van der Waals surface area contributed by atoms with E-state index in [-0.39, 0.29) is 5.54 Å². The Labute approximate surface area is 102 Å². The maximum atomic E-state index is 3.83. The Morgan fingerprint density at radius 3 is 2.12 bits per heavy atom. The van der Waals surface area contributed by atoms with Gasteiger partial charge in [-0.05, 0) is 46.3 Å². The van der Waals surface area contributed by atoms with Gasteiger partial charge < -0.3 is 10.2 Å². The van der Waals surface area contributed by atoms with E-state index < -0.39 is 0 Å². The number of hydrogen-bond acceptors (Lipinski definition) is 2. The molecule has 1 atom stereocenters. The van der Waals surface area contributed by atoms with E-state index >= 15 is 0 Å². The summed E-state index contributed by atoms with van der Waals surface area (Å²) in [6.07, 6.45) is 6.66. The number of nitrogens with zero attached hydrogens (tertiary/aromatic N) is 1. The van der Waals surface area contributed by atoms with Gasteiger partial charge in [-0.1, -0.05) is 26.8 Å². The van der Waals surface area contributed by atoms with Crippen LogP contribution in [0.4, 0.5) is 0 Å². The van der Waals surface area contributed by atoms with Crippen molar-refractivity contribution in [2.24, 2.45) is 0 Å². The molecule has 1 N–H and O–H groups in total. The Morgan fingerprint density at radius 2 is 1.81 bits per heavy atom. The summed E-state index contributed by atoms with van der Waals surface area (Å²) in [4.78, 5) is 2.39. The fourth-order valence-corrected chi connectivity index (χ4v) is 2.78. The second kappa shape index (κ2) is 7.86. The molecule has 2 heteroatoms. The van der Waals surface area contributed by atoms with Gasteiger partial charge in [0.2, 0.25) is 0 Å². The second-order valence-corrected chi connectivity index (χ2v) is 4.68. The zero-order valence-corrected chi connectivity index (χ0v) is 11.8. The molecule has 0 radical (unpaired) electrons. The first-order valence-electron chi connectivity index (χ1n) is 6.60. The van der Waals surface area contributed by atoms with E-state index in [4.69, 9.17) is 0 Å². The van der Waals surface area contributed by atoms with Crippen molar-refractivity contribution in [3.05, 3.63) is 12.7 Å². The molecule has 0 aliphatic heterocycles. The molecule has 0 saturated heterocycles. The van der Waals surface area contributed by atoms with E-state index in [1.165, 1.54) is 19.3 Å². The van der Waals surface area contributed by atoms with Crippen LogP contribution in [0.25, 0.3) is 0 Å². The van der Waals surface area contributed by atoms with Gasteiger partial charge in [-0.25, -0.2) is 0 Å². The summed E-state index contributed by atoms with van der Waals surface area (Å²) in [6.45, 7) is 11.6. The third kappa shape index (κ3) is 3.60. The second-order valence-electron chi connectivity index (χ2n) is 4.68. The molecule has 1 unspecified atom stereocenters. The van der Waals surface area contributed by atoms with Crippen LogP contribution in [0.5, 0.6) is 0 Å². The fourth-order valence-electron chi connectivity index (χ4n) is 2.78. The Morgan fingerprint density at radius 1 is 1.25 bits per heavy atom. The molecule has 0 saturated carbocycles. The van der Waals surface area contributed by atoms with Crippen molar-refractivity contribution in [1.82, 2.24) is 10.2 Å². The highest BCUT2D eigenvalue weighted by Crippen LogP contribution is 2.28. The number of nitrogens with one attached hydrogen (secondary N) is 1. The number of likely N-dealkylation sites (N-methyl/N-ethyl adjacent to an activating group) is 2. The van der Waals surface area contributed by atoms with E-state index in [0.29, 0.717) is 6.04 Å². The molecule has 0 aromatic heterocycles. The average Bonchev–Trinajstić information content (AvgIpc) is 2.27. The molecular weight excluding hydrogens is 196 g/mol. The Hall–Kier alpha value is -0.340. The lowest BCUT2D eigenvalue weighted by Crippen LogP contribution is -2.58. The summed E-state index contributed by atoms with van der Waals surface area (Å²) in [7, 11) is 4.40. The van der Waals surface area contributed by atoms with Crippen LogP contribution in [0.3, 0.4) is 0 Å². The van der Waals surface area contributed by atoms with Crippen molar-refractivity contribution in [3.63, 3.8) is 0 Å². The molecule has 0 rings (SSSR count). The molecule has 0 fully saturated rings. The molecular formula is C14H30N2. The van der Waals surface area contributed by atoms with Gasteiger partial charge in [0.1, 0.15) is 0 Å². The lowest BCUT2D eigenvalue weighted by molar-refractivity contribution is 0.0853. The molecule has 96 valence electrons. The van der Waals surface area contributed by atoms with Crippen LogP contribution in [0, 0.1) is 0 Å². The Bertz CT molecular complexity index is 183. The van der Waals surface area contributed by atoms with Crippen molar-refractivity contribution in [2.45, 2.75) is 58.0 Å². The van der Waals surface area contributed by atoms with Crippen LogP contribution >= 0.6 is 0 Å². The minimum atomic E-state index is 0.277. The van der Waals surface area contributed by atoms with Crippen LogP contribution in [-0.2, 0) is 0 Å². The molecule has 2 nitrogen and oxygen atoms in total. The topological polar surface area (TPSA) is 15.3 Å². The van der Waals surface area contributed by atoms with Crippen LogP contribution < -0.4 is 5.32 Å². The fraction of sp³-hybridized carbons (Fsp3) is 0.857. The maximum Gasteiger partial charge on any atom is 0.0351 e. The lowest BCUT2D eigenvalue weighted by Gasteiger charge is -2.45. The number of rotatable bonds is 9. The lowest BCUT2D eigenvalue weighted by atomic mass is 9.81. The molecule has 0 amide bonds. The third-order valence-electron chi connectivity index (χ3n) is 3.87. The van der Waals surface area contributed by atoms with Gasteiger partial charge in [0.25, 0.3) is 0 Å². The van der Waals surface area contributed by atoms with Crippen LogP contribution in [-0.4, -0.2) is 37.1 Å². The SMILES string of the molecule is C=CCCC(NCC)C(CC)(CC)N(C)C. The smallest absolute Gasteiger partial charge is 0.0351 e. The first kappa shape index (κ1) is 15.7. The maximum absolute atomic E-state index is 3.83. The van der Waals surface area contributed by atoms with Gasteiger partial charge in [0.05, 0.1) is 0 Å². The standard InChI is InChI=1S/C14H30N2/c1-7-11-12-13(15-10-4)14(8-2,9-3)16(5)6/h7,13,15H,1,8-12H2,2-6H3. The normalized spacial score (nSPS) is 14.1. The highest BCUT2D eigenvalue weighted by Gasteiger charge is 2.36. The quantitative estimate of drug-likeness (QED) is 0.608. The van der Waals surface area contributed by atoms with E-state index in [9.17, 15) is 0 Å². The van der Waals surface area contributed by atoms with Gasteiger partial charge in [0.15, 0.2) is 0 Å². The zero-order chi connectivity index (χ0) is 12.6. The molecule has 0 aromatic rings. The summed E-state index contributed by atoms with van der Waals surface area (Å²) in [5, 5.41) is 3.65. The highest BCUT2D eigenvalue weighted by molar-refractivity contribution is 4.97. The molecule has 0 bridgehead atoms. The molecule has 0 heterocycles. The minimum Gasteiger partial charge on any atom is -0.312 e. The molecule has 0 aliphatic rings. The predicted molar refractivity (Wildman–Crippen MR) is 73.9 cm³/mol. The molecule has 0 aliphatic carbocycles. The van der Waals surface area contributed by atoms with Crippen molar-refractivity contribution < 1.29 is 0 Å². The van der Waals surface area contributed by atoms with Gasteiger partial charge in [0, 0.05) is 11.6 Å². The summed E-state index contributed by atoms with van der Waals surface area (Å²) < 4.78 is 0. The van der Waals surface area contributed by atoms with Crippen LogP contribution in [0.1, 0.15) is 46.5 Å². The van der Waals surface area contributed by atoms with Crippen molar-refractivity contribution in [2.75, 3.05) is 20.6 Å². The molecule has 16 heavy (non-hydrogen) atoms. The minimum absolute atomic E-state index is 0.277. The first-order valence-corrected chi connectivity index (χ1v) is 6.60. The van der Waals surface area contributed by atoms with E-state index in [1.807, 2.05) is 6.08 Å². The third-order valence-corrected chi connectivity index (χ3v) is 3.87. The van der Waals surface area contributed by atoms with Crippen LogP contribution in [0.2, 0.25) is 0 Å². The van der Waals surface area contributed by atoms with Crippen LogP contribution in [0.15, 0.2) is 12.7 Å². The van der Waals surface area contributed by atoms with Gasteiger partial charge in [-0.2, -0.15) is 0 Å². The molecule has 0 aromatic carbocycles. The van der Waals surface area contributed by atoms with E-state index in [0.717, 1.165) is 13.0 Å². The monoisotopic (exact) mass is 226 g/mol. The zero-order valence-electron chi connectivity index (χ0n) is 11.8. The number of allylic oxidation sites excluding steroid dienone is 1. The van der Waals surface area contributed by atoms with Gasteiger partial charge >= 0.3 is 0 Å². The first-order chi connectivity index (χ1) is 7.58. The van der Waals surface area contributed by atoms with E-state index in [2.05, 4.69) is 51.7 Å². The number of hydrogen-bond donors (Lipinski definition) is 1. The Kier molecular flexibility index (Phi) is 7.69. The van der Waals surface area contributed by atoms with Crippen molar-refractivity contribution in [3.8, 4) is 0 Å². The van der Waals surface area contributed by atoms with Gasteiger partial charge in [-0.15, -0.1) is 6.58 Å². The highest BCUT2D eigenvalue weighted by atomic mass is 15.2. The predicted octanol–water partition coefficient (Wildman–Crippen LogP) is 3.05. The van der Waals surface area contributed by atoms with E-state index in [1.54, 1.807) is 0 Å². The summed E-state index contributed by atoms with van der Waals surface area (Å²) >= 11 is 0. The summed E-state index contributed by atoms with van der Waals surface area (Å²) in [6, 6.07) is 0.556. The molecule has 0 spiro atoms. The van der Waals surface area contributed by atoms with Gasteiger partial charge in [-0.3, -0.25) is 0 Å². The van der Waals surface area contributed by atoms with Crippen molar-refractivity contribution >= 4 is 0 Å².